The SMILES string of the molecule is Oc1c([C@@H](c2ccc(C(F)(F)F)cc2)N2CCCCC2)ccc2cccnc12. The molecule has 1 aliphatic heterocycles. The van der Waals surface area contributed by atoms with Gasteiger partial charge in [0.05, 0.1) is 11.6 Å². The molecule has 3 aromatic rings. The zero-order valence-electron chi connectivity index (χ0n) is 15.3. The summed E-state index contributed by atoms with van der Waals surface area (Å²) in [5.74, 6) is 0.0913. The molecule has 1 saturated heterocycles. The van der Waals surface area contributed by atoms with Crippen molar-refractivity contribution in [3.63, 3.8) is 0 Å². The fourth-order valence-electron chi connectivity index (χ4n) is 3.98. The van der Waals surface area contributed by atoms with E-state index in [4.69, 9.17) is 0 Å². The summed E-state index contributed by atoms with van der Waals surface area (Å²) in [6, 6.07) is 12.4. The van der Waals surface area contributed by atoms with Crippen molar-refractivity contribution in [1.82, 2.24) is 9.88 Å². The lowest BCUT2D eigenvalue weighted by atomic mass is 9.92. The Balaban J connectivity index is 1.81. The molecular formula is C22H21F3N2O. The van der Waals surface area contributed by atoms with E-state index in [2.05, 4.69) is 9.88 Å². The molecule has 1 fully saturated rings. The van der Waals surface area contributed by atoms with Crippen molar-refractivity contribution < 1.29 is 18.3 Å². The van der Waals surface area contributed by atoms with E-state index >= 15 is 0 Å². The number of likely N-dealkylation sites (tertiary alicyclic amines) is 1. The van der Waals surface area contributed by atoms with Gasteiger partial charge >= 0.3 is 6.18 Å². The largest absolute Gasteiger partial charge is 0.505 e. The van der Waals surface area contributed by atoms with Crippen LogP contribution in [-0.2, 0) is 6.18 Å². The highest BCUT2D eigenvalue weighted by molar-refractivity contribution is 5.85. The normalized spacial score (nSPS) is 17.0. The molecule has 1 aromatic heterocycles. The Labute approximate surface area is 161 Å². The first-order valence-corrected chi connectivity index (χ1v) is 9.43. The van der Waals surface area contributed by atoms with Crippen LogP contribution >= 0.6 is 0 Å². The summed E-state index contributed by atoms with van der Waals surface area (Å²) < 4.78 is 38.9. The number of halogens is 3. The van der Waals surface area contributed by atoms with Crippen molar-refractivity contribution in [2.24, 2.45) is 0 Å². The van der Waals surface area contributed by atoms with Crippen LogP contribution in [-0.4, -0.2) is 28.1 Å². The van der Waals surface area contributed by atoms with Gasteiger partial charge in [-0.2, -0.15) is 13.2 Å². The van der Waals surface area contributed by atoms with Crippen LogP contribution in [0.3, 0.4) is 0 Å². The van der Waals surface area contributed by atoms with Gasteiger partial charge in [-0.25, -0.2) is 0 Å². The van der Waals surface area contributed by atoms with Gasteiger partial charge in [-0.1, -0.05) is 36.8 Å². The van der Waals surface area contributed by atoms with E-state index in [1.807, 2.05) is 18.2 Å². The third kappa shape index (κ3) is 3.56. The number of phenols is 1. The number of pyridine rings is 1. The van der Waals surface area contributed by atoms with E-state index < -0.39 is 11.7 Å². The number of nitrogens with zero attached hydrogens (tertiary/aromatic N) is 2. The van der Waals surface area contributed by atoms with Gasteiger partial charge in [-0.3, -0.25) is 9.88 Å². The Morgan fingerprint density at radius 2 is 1.64 bits per heavy atom. The predicted molar refractivity (Wildman–Crippen MR) is 102 cm³/mol. The highest BCUT2D eigenvalue weighted by Crippen LogP contribution is 2.39. The van der Waals surface area contributed by atoms with Crippen LogP contribution in [0.25, 0.3) is 10.9 Å². The van der Waals surface area contributed by atoms with E-state index in [1.54, 1.807) is 12.3 Å². The summed E-state index contributed by atoms with van der Waals surface area (Å²) in [4.78, 5) is 6.52. The standard InChI is InChI=1S/C22H21F3N2O/c23-22(24,25)17-9-6-16(7-10-17)20(27-13-2-1-3-14-27)18-11-8-15-5-4-12-26-19(15)21(18)28/h4-12,20,28H,1-3,13-14H2/t20-/m1/s1. The fraction of sp³-hybridized carbons (Fsp3) is 0.318. The lowest BCUT2D eigenvalue weighted by Crippen LogP contribution is -2.34. The second-order valence-electron chi connectivity index (χ2n) is 7.20. The van der Waals surface area contributed by atoms with Crippen molar-refractivity contribution in [2.75, 3.05) is 13.1 Å². The first kappa shape index (κ1) is 18.7. The number of hydrogen-bond acceptors (Lipinski definition) is 3. The first-order chi connectivity index (χ1) is 13.4. The molecule has 6 heteroatoms. The van der Waals surface area contributed by atoms with Crippen LogP contribution in [0, 0.1) is 0 Å². The summed E-state index contributed by atoms with van der Waals surface area (Å²) in [6.07, 6.45) is 0.461. The maximum atomic E-state index is 13.0. The molecule has 0 bridgehead atoms. The molecule has 2 heterocycles. The molecule has 3 nitrogen and oxygen atoms in total. The van der Waals surface area contributed by atoms with Gasteiger partial charge in [-0.05, 0) is 49.7 Å². The Morgan fingerprint density at radius 3 is 2.32 bits per heavy atom. The number of phenolic OH excluding ortho intramolecular Hbond substituents is 1. The first-order valence-electron chi connectivity index (χ1n) is 9.43. The van der Waals surface area contributed by atoms with Crippen LogP contribution in [0.4, 0.5) is 13.2 Å². The van der Waals surface area contributed by atoms with Crippen LogP contribution in [0.5, 0.6) is 5.75 Å². The number of aromatic nitrogens is 1. The van der Waals surface area contributed by atoms with Crippen molar-refractivity contribution in [3.8, 4) is 5.75 Å². The molecule has 1 N–H and O–H groups in total. The summed E-state index contributed by atoms with van der Waals surface area (Å²) in [5, 5.41) is 11.8. The highest BCUT2D eigenvalue weighted by Gasteiger charge is 2.32. The maximum Gasteiger partial charge on any atom is 0.416 e. The van der Waals surface area contributed by atoms with Gasteiger partial charge in [0.2, 0.25) is 0 Å². The molecule has 4 rings (SSSR count). The van der Waals surface area contributed by atoms with Gasteiger partial charge in [0.15, 0.2) is 0 Å². The van der Waals surface area contributed by atoms with Crippen molar-refractivity contribution >= 4 is 10.9 Å². The molecule has 2 aromatic carbocycles. The van der Waals surface area contributed by atoms with Crippen molar-refractivity contribution in [2.45, 2.75) is 31.5 Å². The summed E-state index contributed by atoms with van der Waals surface area (Å²) in [6.45, 7) is 1.68. The van der Waals surface area contributed by atoms with Gasteiger partial charge in [0, 0.05) is 17.1 Å². The van der Waals surface area contributed by atoms with Gasteiger partial charge in [0.1, 0.15) is 11.3 Å². The Morgan fingerprint density at radius 1 is 0.929 bits per heavy atom. The van der Waals surface area contributed by atoms with Crippen LogP contribution < -0.4 is 0 Å². The third-order valence-corrected chi connectivity index (χ3v) is 5.38. The minimum atomic E-state index is -4.37. The highest BCUT2D eigenvalue weighted by atomic mass is 19.4. The Kier molecular flexibility index (Phi) is 4.98. The third-order valence-electron chi connectivity index (χ3n) is 5.38. The molecule has 1 atom stereocenters. The maximum absolute atomic E-state index is 13.0. The zero-order chi connectivity index (χ0) is 19.7. The molecule has 0 saturated carbocycles. The summed E-state index contributed by atoms with van der Waals surface area (Å²) >= 11 is 0. The van der Waals surface area contributed by atoms with Gasteiger partial charge < -0.3 is 5.11 Å². The second-order valence-corrected chi connectivity index (χ2v) is 7.20. The van der Waals surface area contributed by atoms with E-state index in [0.29, 0.717) is 11.1 Å². The number of piperidine rings is 1. The summed E-state index contributed by atoms with van der Waals surface area (Å²) in [7, 11) is 0. The molecule has 146 valence electrons. The molecule has 0 spiro atoms. The fourth-order valence-corrected chi connectivity index (χ4v) is 3.98. The monoisotopic (exact) mass is 386 g/mol. The van der Waals surface area contributed by atoms with E-state index in [0.717, 1.165) is 55.4 Å². The number of fused-ring (bicyclic) bond motifs is 1. The Hall–Kier alpha value is -2.60. The molecule has 1 aliphatic rings. The van der Waals surface area contributed by atoms with Gasteiger partial charge in [-0.15, -0.1) is 0 Å². The Bertz CT molecular complexity index is 964. The number of alkyl halides is 3. The second kappa shape index (κ2) is 7.43. The smallest absolute Gasteiger partial charge is 0.416 e. The van der Waals surface area contributed by atoms with E-state index in [-0.39, 0.29) is 11.8 Å². The lowest BCUT2D eigenvalue weighted by molar-refractivity contribution is -0.137. The molecule has 28 heavy (non-hydrogen) atoms. The zero-order valence-corrected chi connectivity index (χ0v) is 15.3. The molecule has 0 unspecified atom stereocenters. The van der Waals surface area contributed by atoms with Crippen LogP contribution in [0.15, 0.2) is 54.7 Å². The van der Waals surface area contributed by atoms with E-state index in [9.17, 15) is 18.3 Å². The minimum absolute atomic E-state index is 0.0913. The number of rotatable bonds is 3. The number of aromatic hydroxyl groups is 1. The number of benzene rings is 2. The van der Waals surface area contributed by atoms with Crippen LogP contribution in [0.1, 0.15) is 42.0 Å². The molecule has 0 amide bonds. The lowest BCUT2D eigenvalue weighted by Gasteiger charge is -2.35. The van der Waals surface area contributed by atoms with Gasteiger partial charge in [0.25, 0.3) is 0 Å². The number of hydrogen-bond donors (Lipinski definition) is 1. The molecule has 0 aliphatic carbocycles. The molecule has 0 radical (unpaired) electrons. The predicted octanol–water partition coefficient (Wildman–Crippen LogP) is 5.53. The van der Waals surface area contributed by atoms with Crippen molar-refractivity contribution in [3.05, 3.63) is 71.4 Å². The summed E-state index contributed by atoms with van der Waals surface area (Å²) in [5.41, 5.74) is 1.25. The van der Waals surface area contributed by atoms with Crippen LogP contribution in [0.2, 0.25) is 0 Å². The topological polar surface area (TPSA) is 36.4 Å². The van der Waals surface area contributed by atoms with Crippen molar-refractivity contribution in [1.29, 1.82) is 0 Å². The molecular weight excluding hydrogens is 365 g/mol. The van der Waals surface area contributed by atoms with E-state index in [1.165, 1.54) is 12.1 Å². The average molecular weight is 386 g/mol. The average Bonchev–Trinajstić information content (AvgIpc) is 2.71. The minimum Gasteiger partial charge on any atom is -0.505 e. The quantitative estimate of drug-likeness (QED) is 0.643.